The second-order valence-corrected chi connectivity index (χ2v) is 8.24. The molecule has 0 spiro atoms. The van der Waals surface area contributed by atoms with E-state index in [1.165, 1.54) is 11.8 Å². The number of aromatic hydroxyl groups is 2. The average Bonchev–Trinajstić information content (AvgIpc) is 2.68. The number of aromatic nitrogens is 1. The van der Waals surface area contributed by atoms with E-state index >= 15 is 0 Å². The minimum atomic E-state index is -4.52. The Morgan fingerprint density at radius 1 is 1.24 bits per heavy atom. The maximum absolute atomic E-state index is 12.7. The maximum atomic E-state index is 12.7. The number of thioether (sulfide) groups is 1. The van der Waals surface area contributed by atoms with Gasteiger partial charge in [-0.05, 0) is 36.1 Å². The second-order valence-electron chi connectivity index (χ2n) is 6.47. The first kappa shape index (κ1) is 21.9. The van der Waals surface area contributed by atoms with Crippen LogP contribution in [0.15, 0.2) is 17.2 Å². The van der Waals surface area contributed by atoms with Crippen molar-refractivity contribution >= 4 is 40.9 Å². The van der Waals surface area contributed by atoms with Crippen LogP contribution in [0.1, 0.15) is 22.4 Å². The Morgan fingerprint density at radius 3 is 2.45 bits per heavy atom. The highest BCUT2D eigenvalue weighted by atomic mass is 35.5. The van der Waals surface area contributed by atoms with Gasteiger partial charge in [0.1, 0.15) is 5.69 Å². The molecule has 0 radical (unpaired) electrons. The lowest BCUT2D eigenvalue weighted by atomic mass is 9.98. The van der Waals surface area contributed by atoms with E-state index < -0.39 is 23.4 Å². The van der Waals surface area contributed by atoms with Gasteiger partial charge in [-0.15, -0.1) is 11.8 Å². The van der Waals surface area contributed by atoms with Gasteiger partial charge in [0, 0.05) is 24.2 Å². The molecule has 1 aliphatic rings. The lowest BCUT2D eigenvalue weighted by molar-refractivity contribution is -0.141. The van der Waals surface area contributed by atoms with Crippen LogP contribution in [0.3, 0.4) is 0 Å². The molecule has 3 rings (SSSR count). The highest BCUT2D eigenvalue weighted by molar-refractivity contribution is 8.00. The number of carbonyl (C=O) groups is 1. The molecule has 0 unspecified atom stereocenters. The predicted octanol–water partition coefficient (Wildman–Crippen LogP) is 4.80. The van der Waals surface area contributed by atoms with Gasteiger partial charge >= 0.3 is 6.18 Å². The summed E-state index contributed by atoms with van der Waals surface area (Å²) < 4.78 is 38.1. The quantitative estimate of drug-likeness (QED) is 0.501. The molecule has 0 fully saturated rings. The lowest BCUT2D eigenvalue weighted by Crippen LogP contribution is -2.37. The van der Waals surface area contributed by atoms with Crippen LogP contribution in [0.4, 0.5) is 13.2 Å². The van der Waals surface area contributed by atoms with Crippen LogP contribution in [0.25, 0.3) is 0 Å². The summed E-state index contributed by atoms with van der Waals surface area (Å²) in [5.41, 5.74) is 0.438. The first-order valence-corrected chi connectivity index (χ1v) is 10.1. The molecule has 2 heterocycles. The number of aryl methyl sites for hydroxylation is 1. The zero-order chi connectivity index (χ0) is 21.5. The predicted molar refractivity (Wildman–Crippen MR) is 104 cm³/mol. The molecule has 2 aromatic rings. The molecular weight excluding hydrogens is 452 g/mol. The summed E-state index contributed by atoms with van der Waals surface area (Å²) in [6.45, 7) is 1.96. The van der Waals surface area contributed by atoms with Gasteiger partial charge in [-0.25, -0.2) is 0 Å². The molecule has 0 saturated heterocycles. The third-order valence-corrected chi connectivity index (χ3v) is 6.52. The minimum absolute atomic E-state index is 0.00135. The Balaban J connectivity index is 1.71. The van der Waals surface area contributed by atoms with Crippen molar-refractivity contribution in [1.29, 1.82) is 0 Å². The van der Waals surface area contributed by atoms with Gasteiger partial charge < -0.3 is 15.1 Å². The van der Waals surface area contributed by atoms with E-state index in [-0.39, 0.29) is 28.3 Å². The summed E-state index contributed by atoms with van der Waals surface area (Å²) >= 11 is 13.2. The van der Waals surface area contributed by atoms with Gasteiger partial charge in [-0.3, -0.25) is 9.78 Å². The summed E-state index contributed by atoms with van der Waals surface area (Å²) in [4.78, 5) is 18.0. The topological polar surface area (TPSA) is 73.7 Å². The van der Waals surface area contributed by atoms with E-state index in [4.69, 9.17) is 23.2 Å². The zero-order valence-electron chi connectivity index (χ0n) is 15.0. The maximum Gasteiger partial charge on any atom is 0.433 e. The molecule has 2 N–H and O–H groups in total. The molecule has 0 bridgehead atoms. The number of amides is 1. The van der Waals surface area contributed by atoms with Crippen LogP contribution in [-0.2, 0) is 23.9 Å². The number of rotatable bonds is 3. The molecule has 1 aromatic carbocycles. The highest BCUT2D eigenvalue weighted by Gasteiger charge is 2.33. The van der Waals surface area contributed by atoms with Crippen LogP contribution in [0.2, 0.25) is 10.0 Å². The number of nitrogens with zero attached hydrogens (tertiary/aromatic N) is 2. The fourth-order valence-corrected chi connectivity index (χ4v) is 4.43. The molecule has 156 valence electrons. The van der Waals surface area contributed by atoms with E-state index in [0.717, 1.165) is 24.0 Å². The summed E-state index contributed by atoms with van der Waals surface area (Å²) in [6, 6.07) is 0.945. The fraction of sp³-hybridized carbons (Fsp3) is 0.333. The first-order valence-electron chi connectivity index (χ1n) is 8.35. The third kappa shape index (κ3) is 4.36. The molecule has 1 amide bonds. The Bertz CT molecular complexity index is 986. The summed E-state index contributed by atoms with van der Waals surface area (Å²) in [5, 5.41) is 19.6. The number of pyridine rings is 1. The van der Waals surface area contributed by atoms with E-state index in [9.17, 15) is 28.2 Å². The Morgan fingerprint density at radius 2 is 1.86 bits per heavy atom. The molecule has 11 heteroatoms. The van der Waals surface area contributed by atoms with Crippen molar-refractivity contribution in [2.45, 2.75) is 31.0 Å². The molecule has 29 heavy (non-hydrogen) atoms. The van der Waals surface area contributed by atoms with Crippen LogP contribution in [-0.4, -0.2) is 38.3 Å². The third-order valence-electron chi connectivity index (χ3n) is 4.57. The molecule has 1 aromatic heterocycles. The lowest BCUT2D eigenvalue weighted by Gasteiger charge is -2.30. The smallest absolute Gasteiger partial charge is 0.433 e. The van der Waals surface area contributed by atoms with Crippen molar-refractivity contribution in [1.82, 2.24) is 9.88 Å². The van der Waals surface area contributed by atoms with Crippen molar-refractivity contribution in [2.75, 3.05) is 12.3 Å². The number of benzene rings is 1. The van der Waals surface area contributed by atoms with Crippen molar-refractivity contribution < 1.29 is 28.2 Å². The summed E-state index contributed by atoms with van der Waals surface area (Å²) in [6.07, 6.45) is -3.07. The number of phenolic OH excluding ortho intramolecular Hbond substituents is 2. The van der Waals surface area contributed by atoms with Crippen molar-refractivity contribution in [3.63, 3.8) is 0 Å². The highest BCUT2D eigenvalue weighted by Crippen LogP contribution is 2.46. The monoisotopic (exact) mass is 466 g/mol. The van der Waals surface area contributed by atoms with Gasteiger partial charge in [0.15, 0.2) is 11.5 Å². The normalized spacial score (nSPS) is 14.1. The molecule has 0 aliphatic carbocycles. The van der Waals surface area contributed by atoms with Crippen molar-refractivity contribution in [3.05, 3.63) is 44.7 Å². The second kappa shape index (κ2) is 8.12. The van der Waals surface area contributed by atoms with Crippen LogP contribution < -0.4 is 0 Å². The van der Waals surface area contributed by atoms with Crippen LogP contribution in [0, 0.1) is 6.92 Å². The van der Waals surface area contributed by atoms with Crippen LogP contribution in [0.5, 0.6) is 11.5 Å². The molecule has 1 aliphatic heterocycles. The molecule has 0 saturated carbocycles. The van der Waals surface area contributed by atoms with Gasteiger partial charge in [0.2, 0.25) is 5.91 Å². The van der Waals surface area contributed by atoms with Gasteiger partial charge in [0.05, 0.1) is 15.8 Å². The van der Waals surface area contributed by atoms with E-state index in [0.29, 0.717) is 34.6 Å². The molecule has 0 atom stereocenters. The van der Waals surface area contributed by atoms with Gasteiger partial charge in [-0.1, -0.05) is 23.2 Å². The summed E-state index contributed by atoms with van der Waals surface area (Å²) in [5.74, 6) is -1.28. The number of hydrogen-bond acceptors (Lipinski definition) is 5. The van der Waals surface area contributed by atoms with Gasteiger partial charge in [-0.2, -0.15) is 13.2 Å². The SMILES string of the molecule is Cc1cc(C(F)(F)F)ncc1SCC(=O)N1CCc2c(Cl)c(O)c(O)c(Cl)c2C1. The van der Waals surface area contributed by atoms with Crippen molar-refractivity contribution in [2.24, 2.45) is 0 Å². The number of hydrogen-bond donors (Lipinski definition) is 2. The number of phenols is 2. The van der Waals surface area contributed by atoms with Crippen LogP contribution >= 0.6 is 35.0 Å². The van der Waals surface area contributed by atoms with E-state index in [1.54, 1.807) is 0 Å². The Hall–Kier alpha value is -1.84. The number of fused-ring (bicyclic) bond motifs is 1. The fourth-order valence-electron chi connectivity index (χ4n) is 2.99. The minimum Gasteiger partial charge on any atom is -0.503 e. The van der Waals surface area contributed by atoms with Gasteiger partial charge in [0.25, 0.3) is 0 Å². The van der Waals surface area contributed by atoms with E-state index in [1.807, 2.05) is 0 Å². The Labute approximate surface area is 178 Å². The van der Waals surface area contributed by atoms with E-state index in [2.05, 4.69) is 4.98 Å². The molecule has 5 nitrogen and oxygen atoms in total. The molecular formula is C18H15Cl2F3N2O3S. The largest absolute Gasteiger partial charge is 0.503 e. The Kier molecular flexibility index (Phi) is 6.12. The standard InChI is InChI=1S/C18H15Cl2F3N2O3S/c1-8-4-12(18(21,22)23)24-5-11(8)29-7-13(26)25-3-2-9-10(6-25)15(20)17(28)16(27)14(9)19/h4-5,27-28H,2-3,6-7H2,1H3. The number of carbonyl (C=O) groups excluding carboxylic acids is 1. The first-order chi connectivity index (χ1) is 13.5. The zero-order valence-corrected chi connectivity index (χ0v) is 17.3. The number of halogens is 5. The number of alkyl halides is 3. The van der Waals surface area contributed by atoms with Crippen molar-refractivity contribution in [3.8, 4) is 11.5 Å². The average molecular weight is 467 g/mol. The summed E-state index contributed by atoms with van der Waals surface area (Å²) in [7, 11) is 0.